The van der Waals surface area contributed by atoms with Gasteiger partial charge in [-0.2, -0.15) is 4.68 Å². The van der Waals surface area contributed by atoms with E-state index >= 15 is 0 Å². The zero-order valence-corrected chi connectivity index (χ0v) is 18.3. The summed E-state index contributed by atoms with van der Waals surface area (Å²) in [4.78, 5) is 12.7. The van der Waals surface area contributed by atoms with Gasteiger partial charge in [-0.25, -0.2) is 0 Å². The third-order valence-corrected chi connectivity index (χ3v) is 5.62. The minimum atomic E-state index is -0.340. The Labute approximate surface area is 181 Å². The fraction of sp³-hybridized carbons (Fsp3) is 0.364. The first-order valence-electron chi connectivity index (χ1n) is 10.1. The summed E-state index contributed by atoms with van der Waals surface area (Å²) in [6.07, 6.45) is 1.81. The lowest BCUT2D eigenvalue weighted by molar-refractivity contribution is -0.120. The van der Waals surface area contributed by atoms with E-state index in [4.69, 9.17) is 4.74 Å². The van der Waals surface area contributed by atoms with Crippen molar-refractivity contribution in [2.24, 2.45) is 0 Å². The lowest BCUT2D eigenvalue weighted by atomic mass is 10.1. The van der Waals surface area contributed by atoms with Crippen molar-refractivity contribution in [1.29, 1.82) is 0 Å². The van der Waals surface area contributed by atoms with Gasteiger partial charge in [0.2, 0.25) is 11.1 Å². The van der Waals surface area contributed by atoms with Gasteiger partial charge in [0.15, 0.2) is 0 Å². The molecule has 7 nitrogen and oxygen atoms in total. The number of tetrazole rings is 1. The highest BCUT2D eigenvalue weighted by atomic mass is 32.2. The van der Waals surface area contributed by atoms with E-state index in [2.05, 4.69) is 33.0 Å². The molecule has 3 aromatic rings. The van der Waals surface area contributed by atoms with Crippen molar-refractivity contribution < 1.29 is 9.53 Å². The third-order valence-electron chi connectivity index (χ3n) is 4.58. The molecule has 0 aliphatic carbocycles. The number of thioether (sulfide) groups is 1. The maximum absolute atomic E-state index is 12.7. The van der Waals surface area contributed by atoms with Crippen molar-refractivity contribution in [3.8, 4) is 11.4 Å². The van der Waals surface area contributed by atoms with Gasteiger partial charge >= 0.3 is 0 Å². The van der Waals surface area contributed by atoms with E-state index in [1.807, 2.05) is 63.2 Å². The summed E-state index contributed by atoms with van der Waals surface area (Å²) in [7, 11) is 0. The number of amides is 1. The zero-order valence-electron chi connectivity index (χ0n) is 17.5. The second kappa shape index (κ2) is 10.8. The topological polar surface area (TPSA) is 81.9 Å². The Morgan fingerprint density at radius 1 is 1.13 bits per heavy atom. The van der Waals surface area contributed by atoms with Crippen LogP contribution in [0.3, 0.4) is 0 Å². The van der Waals surface area contributed by atoms with Crippen molar-refractivity contribution in [2.75, 3.05) is 6.61 Å². The Bertz CT molecular complexity index is 947. The van der Waals surface area contributed by atoms with Crippen LogP contribution in [-0.2, 0) is 11.2 Å². The van der Waals surface area contributed by atoms with Crippen LogP contribution in [0.1, 0.15) is 32.8 Å². The Morgan fingerprint density at radius 2 is 1.87 bits per heavy atom. The highest BCUT2D eigenvalue weighted by molar-refractivity contribution is 8.00. The summed E-state index contributed by atoms with van der Waals surface area (Å²) in [5.41, 5.74) is 2.02. The molecule has 0 aliphatic rings. The second-order valence-electron chi connectivity index (χ2n) is 6.97. The van der Waals surface area contributed by atoms with Crippen molar-refractivity contribution >= 4 is 17.7 Å². The lowest BCUT2D eigenvalue weighted by Gasteiger charge is -2.17. The van der Waals surface area contributed by atoms with Crippen LogP contribution in [-0.4, -0.2) is 44.0 Å². The molecule has 30 heavy (non-hydrogen) atoms. The van der Waals surface area contributed by atoms with Gasteiger partial charge in [0.1, 0.15) is 11.4 Å². The normalized spacial score (nSPS) is 12.9. The average Bonchev–Trinajstić information content (AvgIpc) is 3.21. The molecule has 1 amide bonds. The number of carbonyl (C=O) groups excluding carboxylic acids is 1. The zero-order chi connectivity index (χ0) is 21.3. The van der Waals surface area contributed by atoms with Crippen molar-refractivity contribution in [3.63, 3.8) is 0 Å². The minimum absolute atomic E-state index is 0.0341. The SMILES string of the molecule is CCOc1ccccc1-n1nnnc1SC(C)C(=O)NC(C)CCc1ccccc1. The molecular weight excluding hydrogens is 398 g/mol. The number of rotatable bonds is 10. The molecule has 2 aromatic carbocycles. The maximum Gasteiger partial charge on any atom is 0.233 e. The van der Waals surface area contributed by atoms with Crippen molar-refractivity contribution in [2.45, 2.75) is 50.1 Å². The van der Waals surface area contributed by atoms with E-state index in [0.717, 1.165) is 18.5 Å². The van der Waals surface area contributed by atoms with Crippen LogP contribution >= 0.6 is 11.8 Å². The highest BCUT2D eigenvalue weighted by Crippen LogP contribution is 2.28. The van der Waals surface area contributed by atoms with Gasteiger partial charge in [0.05, 0.1) is 11.9 Å². The number of benzene rings is 2. The van der Waals surface area contributed by atoms with Crippen LogP contribution in [0.5, 0.6) is 5.75 Å². The van der Waals surface area contributed by atoms with E-state index in [1.54, 1.807) is 4.68 Å². The number of para-hydroxylation sites is 2. The highest BCUT2D eigenvalue weighted by Gasteiger charge is 2.21. The first-order valence-corrected chi connectivity index (χ1v) is 11.0. The molecule has 0 saturated carbocycles. The van der Waals surface area contributed by atoms with Gasteiger partial charge < -0.3 is 10.1 Å². The van der Waals surface area contributed by atoms with Gasteiger partial charge in [0, 0.05) is 6.04 Å². The van der Waals surface area contributed by atoms with Crippen LogP contribution < -0.4 is 10.1 Å². The first kappa shape index (κ1) is 21.8. The van der Waals surface area contributed by atoms with Gasteiger partial charge in [-0.3, -0.25) is 4.79 Å². The molecular formula is C22H27N5O2S. The first-order chi connectivity index (χ1) is 14.6. The number of aromatic nitrogens is 4. The Morgan fingerprint density at radius 3 is 2.63 bits per heavy atom. The number of nitrogens with one attached hydrogen (secondary N) is 1. The quantitative estimate of drug-likeness (QED) is 0.499. The van der Waals surface area contributed by atoms with Gasteiger partial charge in [-0.05, 0) is 61.7 Å². The standard InChI is InChI=1S/C22H27N5O2S/c1-4-29-20-13-9-8-12-19(20)27-22(24-25-26-27)30-17(3)21(28)23-16(2)14-15-18-10-6-5-7-11-18/h5-13,16-17H,4,14-15H2,1-3H3,(H,23,28). The molecule has 0 spiro atoms. The molecule has 158 valence electrons. The van der Waals surface area contributed by atoms with Crippen molar-refractivity contribution in [1.82, 2.24) is 25.5 Å². The molecule has 0 radical (unpaired) electrons. The summed E-state index contributed by atoms with van der Waals surface area (Å²) in [5, 5.41) is 15.3. The van der Waals surface area contributed by atoms with Crippen LogP contribution in [0.15, 0.2) is 59.8 Å². The van der Waals surface area contributed by atoms with Crippen LogP contribution in [0.25, 0.3) is 5.69 Å². The summed E-state index contributed by atoms with van der Waals surface area (Å²) < 4.78 is 7.29. The summed E-state index contributed by atoms with van der Waals surface area (Å²) in [6, 6.07) is 17.9. The van der Waals surface area contributed by atoms with E-state index in [0.29, 0.717) is 17.5 Å². The number of aryl methyl sites for hydroxylation is 1. The number of nitrogens with zero attached hydrogens (tertiary/aromatic N) is 4. The molecule has 0 aliphatic heterocycles. The van der Waals surface area contributed by atoms with E-state index < -0.39 is 0 Å². The van der Waals surface area contributed by atoms with Gasteiger partial charge in [0.25, 0.3) is 0 Å². The Balaban J connectivity index is 1.59. The molecule has 0 fully saturated rings. The predicted octanol–water partition coefficient (Wildman–Crippen LogP) is 3.68. The smallest absolute Gasteiger partial charge is 0.233 e. The minimum Gasteiger partial charge on any atom is -0.492 e. The molecule has 1 N–H and O–H groups in total. The number of ether oxygens (including phenoxy) is 1. The Kier molecular flexibility index (Phi) is 7.84. The Hall–Kier alpha value is -2.87. The van der Waals surface area contributed by atoms with E-state index in [-0.39, 0.29) is 17.2 Å². The summed E-state index contributed by atoms with van der Waals surface area (Å²) in [5.74, 6) is 0.661. The fourth-order valence-corrected chi connectivity index (χ4v) is 3.79. The number of carbonyl (C=O) groups is 1. The largest absolute Gasteiger partial charge is 0.492 e. The fourth-order valence-electron chi connectivity index (χ4n) is 2.99. The number of hydrogen-bond donors (Lipinski definition) is 1. The van der Waals surface area contributed by atoms with E-state index in [9.17, 15) is 4.79 Å². The van der Waals surface area contributed by atoms with Crippen LogP contribution in [0.2, 0.25) is 0 Å². The van der Waals surface area contributed by atoms with Gasteiger partial charge in [-0.1, -0.05) is 54.2 Å². The molecule has 1 heterocycles. The molecule has 2 atom stereocenters. The lowest BCUT2D eigenvalue weighted by Crippen LogP contribution is -2.38. The van der Waals surface area contributed by atoms with Crippen molar-refractivity contribution in [3.05, 3.63) is 60.2 Å². The van der Waals surface area contributed by atoms with Crippen LogP contribution in [0, 0.1) is 0 Å². The summed E-state index contributed by atoms with van der Waals surface area (Å²) in [6.45, 7) is 6.36. The molecule has 0 bridgehead atoms. The molecule has 1 aromatic heterocycles. The van der Waals surface area contributed by atoms with Gasteiger partial charge in [-0.15, -0.1) is 5.10 Å². The third kappa shape index (κ3) is 5.82. The van der Waals surface area contributed by atoms with E-state index in [1.165, 1.54) is 17.3 Å². The van der Waals surface area contributed by atoms with Crippen LogP contribution in [0.4, 0.5) is 0 Å². The average molecular weight is 426 g/mol. The monoisotopic (exact) mass is 425 g/mol. The molecule has 2 unspecified atom stereocenters. The second-order valence-corrected chi connectivity index (χ2v) is 8.28. The maximum atomic E-state index is 12.7. The predicted molar refractivity (Wildman–Crippen MR) is 118 cm³/mol. The molecule has 3 rings (SSSR count). The number of hydrogen-bond acceptors (Lipinski definition) is 6. The molecule has 0 saturated heterocycles. The summed E-state index contributed by atoms with van der Waals surface area (Å²) >= 11 is 1.32. The molecule has 8 heteroatoms.